The van der Waals surface area contributed by atoms with E-state index in [1.807, 2.05) is 21.1 Å². The Balaban J connectivity index is 4.23. The van der Waals surface area contributed by atoms with E-state index in [4.69, 9.17) is 18.9 Å². The van der Waals surface area contributed by atoms with Crippen LogP contribution in [0.15, 0.2) is 48.6 Å². The van der Waals surface area contributed by atoms with Crippen LogP contribution in [-0.2, 0) is 33.3 Å². The van der Waals surface area contributed by atoms with Gasteiger partial charge >= 0.3 is 17.9 Å². The molecule has 0 spiro atoms. The van der Waals surface area contributed by atoms with Gasteiger partial charge in [-0.1, -0.05) is 223 Å². The Labute approximate surface area is 432 Å². The number of allylic oxidation sites excluding steroid dienone is 8. The van der Waals surface area contributed by atoms with Crippen molar-refractivity contribution in [2.24, 2.45) is 0 Å². The summed E-state index contributed by atoms with van der Waals surface area (Å²) in [5.74, 6) is -2.00. The molecule has 0 aliphatic carbocycles. The minimum absolute atomic E-state index is 0.184. The largest absolute Gasteiger partial charge is 0.477 e. The molecule has 0 radical (unpaired) electrons. The van der Waals surface area contributed by atoms with Crippen molar-refractivity contribution in [1.29, 1.82) is 0 Å². The van der Waals surface area contributed by atoms with Gasteiger partial charge in [0.15, 0.2) is 6.10 Å². The molecule has 0 aromatic heterocycles. The van der Waals surface area contributed by atoms with E-state index in [0.717, 1.165) is 51.4 Å². The summed E-state index contributed by atoms with van der Waals surface area (Å²) in [5.41, 5.74) is 0. The zero-order valence-electron chi connectivity index (χ0n) is 46.4. The summed E-state index contributed by atoms with van der Waals surface area (Å²) < 4.78 is 22.9. The number of nitrogens with zero attached hydrogens (tertiary/aromatic N) is 1. The molecule has 0 fully saturated rings. The van der Waals surface area contributed by atoms with Crippen LogP contribution in [0.1, 0.15) is 264 Å². The predicted molar refractivity (Wildman–Crippen MR) is 295 cm³/mol. The first-order valence-electron chi connectivity index (χ1n) is 29.3. The molecule has 0 aromatic carbocycles. The zero-order valence-corrected chi connectivity index (χ0v) is 46.4. The lowest BCUT2D eigenvalue weighted by Gasteiger charge is -2.25. The minimum Gasteiger partial charge on any atom is -0.477 e. The summed E-state index contributed by atoms with van der Waals surface area (Å²) in [6.07, 6.45) is 61.8. The second-order valence-corrected chi connectivity index (χ2v) is 20.9. The molecule has 0 rings (SSSR count). The summed E-state index contributed by atoms with van der Waals surface area (Å²) >= 11 is 0. The third-order valence-electron chi connectivity index (χ3n) is 12.8. The molecule has 2 unspecified atom stereocenters. The maximum Gasteiger partial charge on any atom is 0.361 e. The Morgan fingerprint density at radius 3 is 1.16 bits per heavy atom. The molecule has 0 saturated carbocycles. The molecule has 0 bridgehead atoms. The number of ether oxygens (including phenoxy) is 4. The first-order chi connectivity index (χ1) is 34.1. The zero-order chi connectivity index (χ0) is 51.3. The number of aliphatic carboxylic acids is 1. The van der Waals surface area contributed by atoms with E-state index in [0.29, 0.717) is 17.4 Å². The summed E-state index contributed by atoms with van der Waals surface area (Å²) in [6.45, 7) is 4.88. The van der Waals surface area contributed by atoms with Crippen molar-refractivity contribution in [1.82, 2.24) is 0 Å². The van der Waals surface area contributed by atoms with Crippen molar-refractivity contribution in [2.45, 2.75) is 277 Å². The highest BCUT2D eigenvalue weighted by molar-refractivity contribution is 5.71. The lowest BCUT2D eigenvalue weighted by Crippen LogP contribution is -2.40. The van der Waals surface area contributed by atoms with E-state index in [2.05, 4.69) is 62.5 Å². The van der Waals surface area contributed by atoms with E-state index >= 15 is 0 Å². The summed E-state index contributed by atoms with van der Waals surface area (Å²) in [7, 11) is 5.97. The van der Waals surface area contributed by atoms with Gasteiger partial charge in [0.25, 0.3) is 6.29 Å². The van der Waals surface area contributed by atoms with Crippen LogP contribution >= 0.6 is 0 Å². The second-order valence-electron chi connectivity index (χ2n) is 20.9. The number of carbonyl (C=O) groups excluding carboxylic acids is 2. The quantitative estimate of drug-likeness (QED) is 0.0211. The molecule has 9 heteroatoms. The van der Waals surface area contributed by atoms with Crippen molar-refractivity contribution in [3.63, 3.8) is 0 Å². The Bertz CT molecular complexity index is 1290. The highest BCUT2D eigenvalue weighted by atomic mass is 16.7. The lowest BCUT2D eigenvalue weighted by molar-refractivity contribution is -0.870. The average molecular weight is 988 g/mol. The number of quaternary nitrogens is 1. The van der Waals surface area contributed by atoms with Crippen LogP contribution in [0.4, 0.5) is 0 Å². The Hall–Kier alpha value is -2.75. The lowest BCUT2D eigenvalue weighted by atomic mass is 10.0. The Morgan fingerprint density at radius 2 is 0.771 bits per heavy atom. The van der Waals surface area contributed by atoms with Crippen molar-refractivity contribution in [2.75, 3.05) is 47.5 Å². The molecule has 0 amide bonds. The first-order valence-corrected chi connectivity index (χ1v) is 29.3. The molecule has 0 aliphatic rings. The monoisotopic (exact) mass is 987 g/mol. The van der Waals surface area contributed by atoms with Crippen LogP contribution in [0.3, 0.4) is 0 Å². The van der Waals surface area contributed by atoms with Gasteiger partial charge < -0.3 is 28.5 Å². The average Bonchev–Trinajstić information content (AvgIpc) is 3.33. The van der Waals surface area contributed by atoms with Gasteiger partial charge in [-0.2, -0.15) is 0 Å². The number of unbranched alkanes of at least 4 members (excludes halogenated alkanes) is 31. The molecule has 2 atom stereocenters. The molecular weight excluding hydrogens is 875 g/mol. The molecular formula is C61H112NO8+. The summed E-state index contributed by atoms with van der Waals surface area (Å²) in [6, 6.07) is 0. The molecule has 408 valence electrons. The van der Waals surface area contributed by atoms with Gasteiger partial charge in [0.2, 0.25) is 0 Å². The van der Waals surface area contributed by atoms with Gasteiger partial charge in [-0.05, 0) is 77.0 Å². The maximum atomic E-state index is 12.9. The topological polar surface area (TPSA) is 108 Å². The minimum atomic E-state index is -1.51. The normalized spacial score (nSPS) is 13.1. The molecule has 1 N–H and O–H groups in total. The first kappa shape index (κ1) is 67.2. The van der Waals surface area contributed by atoms with E-state index in [1.54, 1.807) is 0 Å². The van der Waals surface area contributed by atoms with Crippen LogP contribution in [-0.4, -0.2) is 87.4 Å². The van der Waals surface area contributed by atoms with Crippen LogP contribution in [0.2, 0.25) is 0 Å². The number of likely N-dealkylation sites (N-methyl/N-ethyl adjacent to an activating group) is 1. The van der Waals surface area contributed by atoms with Gasteiger partial charge in [0, 0.05) is 12.8 Å². The van der Waals surface area contributed by atoms with Gasteiger partial charge in [-0.15, -0.1) is 0 Å². The number of carbonyl (C=O) groups is 3. The highest BCUT2D eigenvalue weighted by Gasteiger charge is 2.25. The third-order valence-corrected chi connectivity index (χ3v) is 12.8. The van der Waals surface area contributed by atoms with E-state index in [1.165, 1.54) is 186 Å². The third kappa shape index (κ3) is 53.1. The van der Waals surface area contributed by atoms with Gasteiger partial charge in [-0.25, -0.2) is 4.79 Å². The highest BCUT2D eigenvalue weighted by Crippen LogP contribution is 2.16. The molecule has 0 aliphatic heterocycles. The SMILES string of the molecule is CCCCCCC/C=C\C/C=C\C/C=C\CCCCCCCCCCCCCCC(=O)OC(COC(=O)CCCCCCCCC/C=C\CCCCCCCCC)COC(OCC[N+](C)(C)C)C(=O)O. The Morgan fingerprint density at radius 1 is 0.429 bits per heavy atom. The number of hydrogen-bond donors (Lipinski definition) is 1. The summed E-state index contributed by atoms with van der Waals surface area (Å²) in [4.78, 5) is 37.4. The molecule has 9 nitrogen and oxygen atoms in total. The van der Waals surface area contributed by atoms with Gasteiger partial charge in [0.05, 0.1) is 34.4 Å². The second kappa shape index (κ2) is 52.6. The number of esters is 2. The van der Waals surface area contributed by atoms with Crippen LogP contribution in [0.25, 0.3) is 0 Å². The molecule has 0 saturated heterocycles. The van der Waals surface area contributed by atoms with Crippen molar-refractivity contribution >= 4 is 17.9 Å². The van der Waals surface area contributed by atoms with Gasteiger partial charge in [-0.3, -0.25) is 9.59 Å². The maximum absolute atomic E-state index is 12.9. The van der Waals surface area contributed by atoms with Crippen LogP contribution < -0.4 is 0 Å². The van der Waals surface area contributed by atoms with Crippen LogP contribution in [0, 0.1) is 0 Å². The fraction of sp³-hybridized carbons (Fsp3) is 0.820. The standard InChI is InChI=1S/C61H111NO8/c1-6-8-10-12-14-16-18-20-22-24-26-27-28-29-30-31-32-33-34-36-38-40-42-44-46-48-50-52-59(64)70-57(56-69-61(60(65)66)67-54-53-62(3,4)5)55-68-58(63)51-49-47-45-43-41-39-37-35-25-23-21-19-17-15-13-11-9-7-2/h18,20,23-26,28-29,57,61H,6-17,19,21-22,27,30-56H2,1-5H3/p+1/b20-18-,25-23-,26-24-,29-28-. The van der Waals surface area contributed by atoms with Crippen molar-refractivity contribution < 1.29 is 42.9 Å². The number of carboxylic acid groups (broad SMARTS) is 1. The van der Waals surface area contributed by atoms with Gasteiger partial charge in [0.1, 0.15) is 13.2 Å². The fourth-order valence-electron chi connectivity index (χ4n) is 8.25. The van der Waals surface area contributed by atoms with E-state index in [-0.39, 0.29) is 32.2 Å². The molecule has 0 aromatic rings. The predicted octanol–water partition coefficient (Wildman–Crippen LogP) is 17.1. The van der Waals surface area contributed by atoms with Crippen molar-refractivity contribution in [3.8, 4) is 0 Å². The van der Waals surface area contributed by atoms with Crippen LogP contribution in [0.5, 0.6) is 0 Å². The van der Waals surface area contributed by atoms with Crippen molar-refractivity contribution in [3.05, 3.63) is 48.6 Å². The number of rotatable bonds is 54. The van der Waals surface area contributed by atoms with E-state index < -0.39 is 24.3 Å². The Kier molecular flexibility index (Phi) is 50.5. The molecule has 70 heavy (non-hydrogen) atoms. The number of carboxylic acids is 1. The summed E-state index contributed by atoms with van der Waals surface area (Å²) in [5, 5.41) is 9.70. The molecule has 0 heterocycles. The smallest absolute Gasteiger partial charge is 0.361 e. The number of hydrogen-bond acceptors (Lipinski definition) is 7. The van der Waals surface area contributed by atoms with E-state index in [9.17, 15) is 19.5 Å². The fourth-order valence-corrected chi connectivity index (χ4v) is 8.25.